The van der Waals surface area contributed by atoms with Crippen molar-refractivity contribution in [1.29, 1.82) is 0 Å². The molecule has 5 aromatic heterocycles. The van der Waals surface area contributed by atoms with E-state index in [2.05, 4.69) is 43.9 Å². The zero-order valence-electron chi connectivity index (χ0n) is 43.6. The number of aromatic carboxylic acids is 1. The number of benzene rings is 3. The summed E-state index contributed by atoms with van der Waals surface area (Å²) in [6.07, 6.45) is -10.2. The smallest absolute Gasteiger partial charge is 0.478 e. The number of nitrogens with zero attached hydrogens (tertiary/aromatic N) is 5. The largest absolute Gasteiger partial charge is 0.573 e. The van der Waals surface area contributed by atoms with Gasteiger partial charge in [0.1, 0.15) is 28.8 Å². The lowest BCUT2D eigenvalue weighted by Crippen LogP contribution is -2.19. The van der Waals surface area contributed by atoms with Gasteiger partial charge < -0.3 is 29.8 Å². The second-order valence-electron chi connectivity index (χ2n) is 17.3. The van der Waals surface area contributed by atoms with Crippen molar-refractivity contribution in [1.82, 2.24) is 24.9 Å². The van der Waals surface area contributed by atoms with Crippen LogP contribution in [0.25, 0.3) is 0 Å². The number of alkyl halides is 9. The molecule has 0 amide bonds. The van der Waals surface area contributed by atoms with Gasteiger partial charge in [-0.2, -0.15) is 0 Å². The number of nitrogens with two attached hydrogens (primary N) is 1. The van der Waals surface area contributed by atoms with Gasteiger partial charge >= 0.3 is 31.0 Å². The number of hydrogen-bond donors (Lipinski definition) is 2. The van der Waals surface area contributed by atoms with Gasteiger partial charge in [0.25, 0.3) is 0 Å². The number of Topliss-reactive ketones (excluding diaryl/α,β-unsaturated/α-hetero) is 2. The third-order valence-corrected chi connectivity index (χ3v) is 11.6. The van der Waals surface area contributed by atoms with Gasteiger partial charge in [-0.3, -0.25) is 34.5 Å². The number of methoxy groups -OCH3 is 1. The third kappa shape index (κ3) is 19.4. The molecule has 0 bridgehead atoms. The van der Waals surface area contributed by atoms with E-state index in [9.17, 15) is 85.0 Å². The molecule has 8 aromatic rings. The second-order valence-corrected chi connectivity index (χ2v) is 17.3. The number of ether oxygens (including phenoxy) is 4. The van der Waals surface area contributed by atoms with Crippen LogP contribution in [0.4, 0.5) is 65.9 Å². The summed E-state index contributed by atoms with van der Waals surface area (Å²) in [6.45, 7) is 0. The van der Waals surface area contributed by atoms with E-state index in [0.29, 0.717) is 6.07 Å². The van der Waals surface area contributed by atoms with Crippen LogP contribution in [0.1, 0.15) is 106 Å². The van der Waals surface area contributed by atoms with E-state index in [1.54, 1.807) is 0 Å². The highest BCUT2D eigenvalue weighted by Gasteiger charge is 2.36. The molecule has 3 atom stereocenters. The average molecular weight is 1260 g/mol. The number of hydrogen-bond acceptors (Lipinski definition) is 14. The number of carbonyl (C=O) groups is 4. The van der Waals surface area contributed by atoms with E-state index in [-0.39, 0.29) is 68.7 Å². The van der Waals surface area contributed by atoms with Crippen molar-refractivity contribution in [3.05, 3.63) is 237 Å². The molecule has 0 aliphatic heterocycles. The molecule has 0 fully saturated rings. The third-order valence-electron chi connectivity index (χ3n) is 11.6. The average Bonchev–Trinajstić information content (AvgIpc) is 1.14. The van der Waals surface area contributed by atoms with Crippen molar-refractivity contribution in [2.45, 2.75) is 49.8 Å². The summed E-state index contributed by atoms with van der Waals surface area (Å²) < 4.78 is 210. The summed E-state index contributed by atoms with van der Waals surface area (Å²) in [7, 11) is 1.18. The molecule has 5 heterocycles. The number of halogens is 16. The van der Waals surface area contributed by atoms with Crippen LogP contribution in [0, 0.1) is 34.9 Å². The quantitative estimate of drug-likeness (QED) is 0.0492. The first kappa shape index (κ1) is 68.1. The SMILES string of the molecule is COC(=O)c1ccc(C(=O)C[C@@H](c2ccc(OC(F)(F)F)c(F)c2)c2ncccc2F)nc1.Cl.N[C@@H](c1ccc(OC(F)(F)F)c(F)c1)c1ncccc1F.O=C(O)c1ccc(C(=O)C[C@@H](c2ccc(OC(F)(F)F)c(F)c2)c2ncccc2F)nc1. The molecule has 3 aromatic carbocycles. The summed E-state index contributed by atoms with van der Waals surface area (Å²) in [5.41, 5.74) is 4.95. The van der Waals surface area contributed by atoms with Crippen LogP contribution in [-0.4, -0.2) is 79.7 Å². The van der Waals surface area contributed by atoms with Crippen LogP contribution in [-0.2, 0) is 4.74 Å². The normalized spacial score (nSPS) is 12.3. The number of esters is 1. The standard InChI is InChI=1S/C22H15F5N2O4.C21H13F5N2O4.C13H9F5N2O.ClH/c1-32-21(31)13-4-6-17(29-11-13)18(30)10-14(20-15(23)3-2-8-28-20)12-5-7-19(16(24)9-12)33-22(25,26)27;22-14-2-1-7-27-19(14)13(9-17(29)16-5-3-12(10-28-16)20(30)31)11-4-6-18(15(23)8-11)32-21(24,25)26;14-8-2-1-5-20-12(8)11(19)7-3-4-10(9(15)6-7)21-13(16,17)18;/h2-9,11,14H,10H2,1H3;1-8,10,13H,9H2,(H,30,31);1-6,11H,19H2;1H/t14-;13-;11-;/m000./s1. The molecule has 0 radical (unpaired) electrons. The van der Waals surface area contributed by atoms with E-state index in [1.807, 2.05) is 0 Å². The van der Waals surface area contributed by atoms with Gasteiger partial charge in [-0.1, -0.05) is 18.2 Å². The Morgan fingerprint density at radius 2 is 0.816 bits per heavy atom. The Balaban J connectivity index is 0.000000243. The van der Waals surface area contributed by atoms with Gasteiger partial charge in [-0.25, -0.2) is 35.9 Å². The lowest BCUT2D eigenvalue weighted by atomic mass is 9.89. The molecule has 0 saturated heterocycles. The van der Waals surface area contributed by atoms with E-state index < -0.39 is 125 Å². The predicted molar refractivity (Wildman–Crippen MR) is 273 cm³/mol. The van der Waals surface area contributed by atoms with Gasteiger partial charge in [-0.15, -0.1) is 51.9 Å². The Morgan fingerprint density at radius 1 is 0.471 bits per heavy atom. The molecule has 0 spiro atoms. The van der Waals surface area contributed by atoms with E-state index in [1.165, 1.54) is 62.1 Å². The molecule has 0 unspecified atom stereocenters. The Bertz CT molecular complexity index is 3710. The highest BCUT2D eigenvalue weighted by atomic mass is 35.5. The van der Waals surface area contributed by atoms with Crippen LogP contribution < -0.4 is 19.9 Å². The first-order valence-corrected chi connectivity index (χ1v) is 23.9. The summed E-state index contributed by atoms with van der Waals surface area (Å²) in [5, 5.41) is 8.92. The number of carboxylic acid groups (broad SMARTS) is 1. The maximum atomic E-state index is 14.5. The maximum absolute atomic E-state index is 14.5. The molecule has 458 valence electrons. The summed E-state index contributed by atoms with van der Waals surface area (Å²) in [5.74, 6) is -14.9. The van der Waals surface area contributed by atoms with Crippen LogP contribution in [0.3, 0.4) is 0 Å². The van der Waals surface area contributed by atoms with E-state index >= 15 is 0 Å². The molecule has 3 N–H and O–H groups in total. The Hall–Kier alpha value is -9.71. The topological polar surface area (TPSA) is 216 Å². The monoisotopic (exact) mass is 1260 g/mol. The summed E-state index contributed by atoms with van der Waals surface area (Å²) >= 11 is 0. The molecular weight excluding hydrogens is 1220 g/mol. The minimum absolute atomic E-state index is 0. The van der Waals surface area contributed by atoms with Gasteiger partial charge in [0, 0.05) is 55.7 Å². The van der Waals surface area contributed by atoms with Crippen LogP contribution in [0.5, 0.6) is 17.2 Å². The number of carbonyl (C=O) groups excluding carboxylic acids is 3. The molecule has 15 nitrogen and oxygen atoms in total. The number of ketones is 2. The molecular formula is C56H38ClF15N6O9. The lowest BCUT2D eigenvalue weighted by Gasteiger charge is -2.18. The van der Waals surface area contributed by atoms with Gasteiger partial charge in [0.15, 0.2) is 46.3 Å². The zero-order chi connectivity index (χ0) is 63.3. The molecule has 8 rings (SSSR count). The Morgan fingerprint density at radius 3 is 1.13 bits per heavy atom. The van der Waals surface area contributed by atoms with Crippen molar-refractivity contribution < 1.29 is 109 Å². The van der Waals surface area contributed by atoms with Gasteiger partial charge in [-0.05, 0) is 114 Å². The minimum Gasteiger partial charge on any atom is -0.478 e. The molecule has 31 heteroatoms. The first-order valence-electron chi connectivity index (χ1n) is 23.9. The molecule has 0 saturated carbocycles. The van der Waals surface area contributed by atoms with Gasteiger partial charge in [0.05, 0.1) is 41.4 Å². The highest BCUT2D eigenvalue weighted by molar-refractivity contribution is 5.97. The fourth-order valence-corrected chi connectivity index (χ4v) is 7.70. The van der Waals surface area contributed by atoms with Crippen molar-refractivity contribution in [2.24, 2.45) is 5.73 Å². The summed E-state index contributed by atoms with van der Waals surface area (Å²) in [4.78, 5) is 67.2. The molecule has 0 aliphatic carbocycles. The van der Waals surface area contributed by atoms with Crippen molar-refractivity contribution >= 4 is 35.9 Å². The summed E-state index contributed by atoms with van der Waals surface area (Å²) in [6, 6.07) is 18.7. The second kappa shape index (κ2) is 29.4. The number of aromatic nitrogens is 5. The van der Waals surface area contributed by atoms with Crippen LogP contribution in [0.2, 0.25) is 0 Å². The van der Waals surface area contributed by atoms with Crippen molar-refractivity contribution in [3.8, 4) is 17.2 Å². The highest BCUT2D eigenvalue weighted by Crippen LogP contribution is 2.36. The Kier molecular flexibility index (Phi) is 23.0. The van der Waals surface area contributed by atoms with Gasteiger partial charge in [0.2, 0.25) is 0 Å². The van der Waals surface area contributed by atoms with Crippen molar-refractivity contribution in [3.63, 3.8) is 0 Å². The zero-order valence-corrected chi connectivity index (χ0v) is 44.4. The number of carboxylic acids is 1. The van der Waals surface area contributed by atoms with E-state index in [0.717, 1.165) is 85.2 Å². The maximum Gasteiger partial charge on any atom is 0.573 e. The molecule has 0 aliphatic rings. The number of rotatable bonds is 17. The van der Waals surface area contributed by atoms with Crippen LogP contribution >= 0.6 is 12.4 Å². The fraction of sp³-hybridized carbons (Fsp3) is 0.161. The van der Waals surface area contributed by atoms with Crippen molar-refractivity contribution in [2.75, 3.05) is 7.11 Å². The molecule has 87 heavy (non-hydrogen) atoms. The lowest BCUT2D eigenvalue weighted by molar-refractivity contribution is -0.276. The van der Waals surface area contributed by atoms with Crippen LogP contribution in [0.15, 0.2) is 146 Å². The first-order chi connectivity index (χ1) is 40.4. The Labute approximate surface area is 486 Å². The predicted octanol–water partition coefficient (Wildman–Crippen LogP) is 13.3. The minimum atomic E-state index is -5.11. The number of pyridine rings is 5. The fourth-order valence-electron chi connectivity index (χ4n) is 7.70. The van der Waals surface area contributed by atoms with E-state index in [4.69, 9.17) is 10.8 Å².